The summed E-state index contributed by atoms with van der Waals surface area (Å²) in [5.41, 5.74) is 1.78. The molecule has 25 heavy (non-hydrogen) atoms. The summed E-state index contributed by atoms with van der Waals surface area (Å²) in [6.07, 6.45) is 3.94. The lowest BCUT2D eigenvalue weighted by Gasteiger charge is -2.35. The van der Waals surface area contributed by atoms with Crippen LogP contribution >= 0.6 is 0 Å². The van der Waals surface area contributed by atoms with Gasteiger partial charge in [0.1, 0.15) is 6.61 Å². The van der Waals surface area contributed by atoms with Crippen molar-refractivity contribution in [1.29, 1.82) is 0 Å². The predicted molar refractivity (Wildman–Crippen MR) is 94.0 cm³/mol. The normalized spacial score (nSPS) is 17.2. The molecule has 0 bridgehead atoms. The predicted octanol–water partition coefficient (Wildman–Crippen LogP) is 2.85. The molecule has 1 unspecified atom stereocenters. The Labute approximate surface area is 147 Å². The fourth-order valence-corrected chi connectivity index (χ4v) is 2.91. The zero-order valence-corrected chi connectivity index (χ0v) is 14.2. The zero-order chi connectivity index (χ0) is 17.6. The SMILES string of the molecule is CN(C(=O)OCc1ccccc1)C1CCN(c2ccncc2)C(=O)C1. The summed E-state index contributed by atoms with van der Waals surface area (Å²) in [4.78, 5) is 31.9. The van der Waals surface area contributed by atoms with Gasteiger partial charge in [0.2, 0.25) is 5.91 Å². The average molecular weight is 339 g/mol. The number of anilines is 1. The minimum absolute atomic E-state index is 0.00478. The molecule has 0 saturated carbocycles. The first kappa shape index (κ1) is 17.0. The summed E-state index contributed by atoms with van der Waals surface area (Å²) < 4.78 is 5.34. The molecule has 1 aliphatic heterocycles. The second kappa shape index (κ2) is 7.79. The van der Waals surface area contributed by atoms with E-state index in [1.807, 2.05) is 42.5 Å². The van der Waals surface area contributed by atoms with Gasteiger partial charge >= 0.3 is 6.09 Å². The lowest BCUT2D eigenvalue weighted by Crippen LogP contribution is -2.48. The van der Waals surface area contributed by atoms with Crippen LogP contribution in [0.1, 0.15) is 18.4 Å². The molecule has 6 heteroatoms. The molecule has 1 aliphatic rings. The largest absolute Gasteiger partial charge is 0.445 e. The number of piperidine rings is 1. The van der Waals surface area contributed by atoms with Crippen LogP contribution in [0.3, 0.4) is 0 Å². The van der Waals surface area contributed by atoms with Crippen molar-refractivity contribution >= 4 is 17.7 Å². The van der Waals surface area contributed by atoms with Crippen molar-refractivity contribution in [2.75, 3.05) is 18.5 Å². The third kappa shape index (κ3) is 4.15. The van der Waals surface area contributed by atoms with Gasteiger partial charge in [0.25, 0.3) is 0 Å². The first-order chi connectivity index (χ1) is 12.1. The van der Waals surface area contributed by atoms with E-state index in [1.165, 1.54) is 4.90 Å². The van der Waals surface area contributed by atoms with Crippen molar-refractivity contribution in [2.45, 2.75) is 25.5 Å². The molecule has 3 rings (SSSR count). The Morgan fingerprint density at radius 3 is 2.64 bits per heavy atom. The summed E-state index contributed by atoms with van der Waals surface area (Å²) in [5.74, 6) is 0.00478. The van der Waals surface area contributed by atoms with Crippen LogP contribution in [-0.2, 0) is 16.1 Å². The van der Waals surface area contributed by atoms with Gasteiger partial charge in [-0.15, -0.1) is 0 Å². The van der Waals surface area contributed by atoms with E-state index in [2.05, 4.69) is 4.98 Å². The second-order valence-corrected chi connectivity index (χ2v) is 6.05. The van der Waals surface area contributed by atoms with Crippen molar-refractivity contribution in [2.24, 2.45) is 0 Å². The molecule has 6 nitrogen and oxygen atoms in total. The molecule has 2 heterocycles. The van der Waals surface area contributed by atoms with Gasteiger partial charge in [0.05, 0.1) is 0 Å². The van der Waals surface area contributed by atoms with Crippen LogP contribution in [0.25, 0.3) is 0 Å². The lowest BCUT2D eigenvalue weighted by atomic mass is 10.0. The molecule has 2 amide bonds. The van der Waals surface area contributed by atoms with Crippen molar-refractivity contribution in [3.63, 3.8) is 0 Å². The molecule has 1 saturated heterocycles. The molecule has 1 fully saturated rings. The maximum absolute atomic E-state index is 12.4. The third-order valence-corrected chi connectivity index (χ3v) is 4.41. The smallest absolute Gasteiger partial charge is 0.410 e. The number of hydrogen-bond donors (Lipinski definition) is 0. The molecule has 0 N–H and O–H groups in total. The molecule has 1 aromatic carbocycles. The van der Waals surface area contributed by atoms with Crippen molar-refractivity contribution in [3.05, 3.63) is 60.4 Å². The van der Waals surface area contributed by atoms with Crippen LogP contribution in [0.4, 0.5) is 10.5 Å². The molecule has 2 aromatic rings. The molecule has 130 valence electrons. The highest BCUT2D eigenvalue weighted by molar-refractivity contribution is 5.94. The summed E-state index contributed by atoms with van der Waals surface area (Å²) in [6, 6.07) is 13.0. The van der Waals surface area contributed by atoms with Gasteiger partial charge in [-0.2, -0.15) is 0 Å². The van der Waals surface area contributed by atoms with Gasteiger partial charge in [-0.1, -0.05) is 30.3 Å². The zero-order valence-electron chi connectivity index (χ0n) is 14.2. The maximum atomic E-state index is 12.4. The highest BCUT2D eigenvalue weighted by Gasteiger charge is 2.31. The van der Waals surface area contributed by atoms with E-state index in [1.54, 1.807) is 24.3 Å². The first-order valence-corrected chi connectivity index (χ1v) is 8.29. The molecular weight excluding hydrogens is 318 g/mol. The topological polar surface area (TPSA) is 62.7 Å². The van der Waals surface area contributed by atoms with Crippen molar-refractivity contribution in [1.82, 2.24) is 9.88 Å². The molecule has 1 atom stereocenters. The summed E-state index contributed by atoms with van der Waals surface area (Å²) in [6.45, 7) is 0.803. The summed E-state index contributed by atoms with van der Waals surface area (Å²) in [7, 11) is 1.69. The fourth-order valence-electron chi connectivity index (χ4n) is 2.91. The Bertz CT molecular complexity index is 721. The van der Waals surface area contributed by atoms with Gasteiger partial charge in [0, 0.05) is 44.1 Å². The minimum Gasteiger partial charge on any atom is -0.445 e. The van der Waals surface area contributed by atoms with E-state index < -0.39 is 6.09 Å². The molecule has 0 radical (unpaired) electrons. The monoisotopic (exact) mass is 339 g/mol. The van der Waals surface area contributed by atoms with Crippen molar-refractivity contribution in [3.8, 4) is 0 Å². The Morgan fingerprint density at radius 2 is 1.96 bits per heavy atom. The molecule has 0 spiro atoms. The van der Waals surface area contributed by atoms with Gasteiger partial charge in [-0.3, -0.25) is 9.78 Å². The number of carbonyl (C=O) groups is 2. The number of hydrogen-bond acceptors (Lipinski definition) is 4. The van der Waals surface area contributed by atoms with Crippen LogP contribution in [0.15, 0.2) is 54.9 Å². The van der Waals surface area contributed by atoms with Crippen LogP contribution in [0.5, 0.6) is 0 Å². The van der Waals surface area contributed by atoms with Gasteiger partial charge < -0.3 is 14.5 Å². The van der Waals surface area contributed by atoms with Gasteiger partial charge in [-0.05, 0) is 24.1 Å². The fraction of sp³-hybridized carbons (Fsp3) is 0.316. The van der Waals surface area contributed by atoms with Crippen molar-refractivity contribution < 1.29 is 14.3 Å². The van der Waals surface area contributed by atoms with E-state index in [9.17, 15) is 9.59 Å². The van der Waals surface area contributed by atoms with Crippen LogP contribution in [0.2, 0.25) is 0 Å². The Balaban J connectivity index is 1.54. The maximum Gasteiger partial charge on any atom is 0.410 e. The number of ether oxygens (including phenoxy) is 1. The number of pyridine rings is 1. The lowest BCUT2D eigenvalue weighted by molar-refractivity contribution is -0.120. The average Bonchev–Trinajstić information content (AvgIpc) is 2.67. The van der Waals surface area contributed by atoms with Crippen LogP contribution in [-0.4, -0.2) is 41.5 Å². The Kier molecular flexibility index (Phi) is 5.28. The van der Waals surface area contributed by atoms with E-state index in [0.717, 1.165) is 11.3 Å². The van der Waals surface area contributed by atoms with E-state index in [0.29, 0.717) is 19.4 Å². The van der Waals surface area contributed by atoms with E-state index >= 15 is 0 Å². The second-order valence-electron chi connectivity index (χ2n) is 6.05. The van der Waals surface area contributed by atoms with Crippen LogP contribution < -0.4 is 4.90 Å². The van der Waals surface area contributed by atoms with E-state index in [-0.39, 0.29) is 18.6 Å². The standard InChI is InChI=1S/C19H21N3O3/c1-21(19(24)25-14-15-5-3-2-4-6-15)17-9-12-22(18(23)13-17)16-7-10-20-11-8-16/h2-8,10-11,17H,9,12-14H2,1H3. The quantitative estimate of drug-likeness (QED) is 0.859. The molecular formula is C19H21N3O3. The minimum atomic E-state index is -0.404. The van der Waals surface area contributed by atoms with Crippen LogP contribution in [0, 0.1) is 0 Å². The molecule has 0 aliphatic carbocycles. The van der Waals surface area contributed by atoms with E-state index in [4.69, 9.17) is 4.74 Å². The van der Waals surface area contributed by atoms with Gasteiger partial charge in [-0.25, -0.2) is 4.79 Å². The molecule has 1 aromatic heterocycles. The summed E-state index contributed by atoms with van der Waals surface area (Å²) in [5, 5.41) is 0. The highest BCUT2D eigenvalue weighted by atomic mass is 16.6. The Hall–Kier alpha value is -2.89. The van der Waals surface area contributed by atoms with Gasteiger partial charge in [0.15, 0.2) is 0 Å². The number of aromatic nitrogens is 1. The first-order valence-electron chi connectivity index (χ1n) is 8.29. The number of nitrogens with zero attached hydrogens (tertiary/aromatic N) is 3. The summed E-state index contributed by atoms with van der Waals surface area (Å²) >= 11 is 0. The Morgan fingerprint density at radius 1 is 1.24 bits per heavy atom. The number of amides is 2. The number of rotatable bonds is 4. The third-order valence-electron chi connectivity index (χ3n) is 4.41. The number of carbonyl (C=O) groups excluding carboxylic acids is 2. The highest BCUT2D eigenvalue weighted by Crippen LogP contribution is 2.23. The number of benzene rings is 1.